The molecule has 0 unspecified atom stereocenters. The molecule has 3 amide bonds. The van der Waals surface area contributed by atoms with Crippen molar-refractivity contribution in [1.82, 2.24) is 10.2 Å². The number of nitrogens with zero attached hydrogens (tertiary/aromatic N) is 2. The molecule has 1 aromatic rings. The van der Waals surface area contributed by atoms with Crippen molar-refractivity contribution < 1.29 is 9.59 Å². The molecule has 6 nitrogen and oxygen atoms in total. The molecule has 0 bridgehead atoms. The third-order valence-corrected chi connectivity index (χ3v) is 4.88. The summed E-state index contributed by atoms with van der Waals surface area (Å²) in [6.07, 6.45) is 0. The lowest BCUT2D eigenvalue weighted by Gasteiger charge is -2.34. The molecular formula is C23H40N4O2. The summed E-state index contributed by atoms with van der Waals surface area (Å²) >= 11 is 0. The quantitative estimate of drug-likeness (QED) is 0.692. The molecule has 0 aliphatic heterocycles. The van der Waals surface area contributed by atoms with Gasteiger partial charge in [0.1, 0.15) is 0 Å². The first kappa shape index (κ1) is 24.8. The van der Waals surface area contributed by atoms with Gasteiger partial charge in [0.2, 0.25) is 5.91 Å². The number of carbonyl (C=O) groups excluding carboxylic acids is 2. The fourth-order valence-electron chi connectivity index (χ4n) is 3.03. The van der Waals surface area contributed by atoms with Gasteiger partial charge in [-0.1, -0.05) is 27.7 Å². The van der Waals surface area contributed by atoms with Crippen LogP contribution in [0.5, 0.6) is 0 Å². The Morgan fingerprint density at radius 2 is 1.62 bits per heavy atom. The highest BCUT2D eigenvalue weighted by molar-refractivity contribution is 5.90. The van der Waals surface area contributed by atoms with Gasteiger partial charge in [-0.25, -0.2) is 4.79 Å². The normalized spacial score (nSPS) is 12.7. The van der Waals surface area contributed by atoms with Crippen molar-refractivity contribution in [1.29, 1.82) is 0 Å². The minimum atomic E-state index is -0.316. The molecule has 164 valence electrons. The van der Waals surface area contributed by atoms with Crippen LogP contribution in [0, 0.1) is 11.8 Å². The number of anilines is 2. The molecule has 1 rings (SSSR count). The highest BCUT2D eigenvalue weighted by Gasteiger charge is 2.26. The largest absolute Gasteiger partial charge is 0.377 e. The molecule has 0 heterocycles. The van der Waals surface area contributed by atoms with Crippen LogP contribution in [0.1, 0.15) is 61.0 Å². The van der Waals surface area contributed by atoms with Gasteiger partial charge in [-0.3, -0.25) is 4.79 Å². The first-order chi connectivity index (χ1) is 13.2. The molecule has 1 atom stereocenters. The molecule has 0 saturated heterocycles. The van der Waals surface area contributed by atoms with Gasteiger partial charge in [-0.05, 0) is 57.4 Å². The summed E-state index contributed by atoms with van der Waals surface area (Å²) in [4.78, 5) is 29.2. The van der Waals surface area contributed by atoms with E-state index < -0.39 is 0 Å². The van der Waals surface area contributed by atoms with Crippen LogP contribution in [0.15, 0.2) is 18.2 Å². The molecule has 0 fully saturated rings. The molecule has 0 saturated carbocycles. The summed E-state index contributed by atoms with van der Waals surface area (Å²) in [5.41, 5.74) is 2.43. The summed E-state index contributed by atoms with van der Waals surface area (Å²) < 4.78 is 0. The van der Waals surface area contributed by atoms with Crippen LogP contribution in [-0.4, -0.2) is 42.5 Å². The first-order valence-electron chi connectivity index (χ1n) is 10.4. The molecule has 1 aromatic carbocycles. The number of carbonyl (C=O) groups is 2. The average molecular weight is 405 g/mol. The van der Waals surface area contributed by atoms with Crippen molar-refractivity contribution >= 4 is 23.3 Å². The van der Waals surface area contributed by atoms with Gasteiger partial charge in [0.05, 0.1) is 0 Å². The number of hydrogen-bond donors (Lipinski definition) is 2. The van der Waals surface area contributed by atoms with E-state index in [2.05, 4.69) is 31.4 Å². The third-order valence-electron chi connectivity index (χ3n) is 4.88. The zero-order valence-corrected chi connectivity index (χ0v) is 19.9. The second-order valence-corrected chi connectivity index (χ2v) is 9.67. The standard InChI is InChI=1S/C23H40N4O2/c1-15(2)17(5)27(21(28)16(3)4)14-18-13-19(11-12-20(18)26(9)10)24-22(29)25-23(6,7)8/h11-13,15-17H,14H2,1-10H3,(H2,24,25,29)/t17-/m1/s1. The zero-order valence-electron chi connectivity index (χ0n) is 19.9. The van der Waals surface area contributed by atoms with E-state index in [9.17, 15) is 9.59 Å². The number of benzene rings is 1. The second kappa shape index (κ2) is 9.99. The Kier molecular flexibility index (Phi) is 8.54. The van der Waals surface area contributed by atoms with Crippen LogP contribution < -0.4 is 15.5 Å². The molecule has 0 aliphatic carbocycles. The fraction of sp³-hybridized carbons (Fsp3) is 0.652. The number of amides is 3. The number of rotatable bonds is 7. The van der Waals surface area contributed by atoms with E-state index >= 15 is 0 Å². The van der Waals surface area contributed by atoms with Crippen LogP contribution in [-0.2, 0) is 11.3 Å². The van der Waals surface area contributed by atoms with E-state index in [1.807, 2.05) is 76.7 Å². The molecule has 29 heavy (non-hydrogen) atoms. The van der Waals surface area contributed by atoms with E-state index in [0.717, 1.165) is 11.3 Å². The fourth-order valence-corrected chi connectivity index (χ4v) is 3.03. The number of hydrogen-bond acceptors (Lipinski definition) is 3. The smallest absolute Gasteiger partial charge is 0.319 e. The summed E-state index contributed by atoms with van der Waals surface area (Å²) in [5, 5.41) is 5.82. The van der Waals surface area contributed by atoms with E-state index in [1.54, 1.807) is 0 Å². The lowest BCUT2D eigenvalue weighted by atomic mass is 10.0. The van der Waals surface area contributed by atoms with Gasteiger partial charge in [-0.2, -0.15) is 0 Å². The summed E-state index contributed by atoms with van der Waals surface area (Å²) in [7, 11) is 3.97. The average Bonchev–Trinajstić information content (AvgIpc) is 2.56. The van der Waals surface area contributed by atoms with Crippen LogP contribution in [0.3, 0.4) is 0 Å². The van der Waals surface area contributed by atoms with Gasteiger partial charge >= 0.3 is 6.03 Å². The Bertz CT molecular complexity index is 705. The molecule has 2 N–H and O–H groups in total. The van der Waals surface area contributed by atoms with Crippen LogP contribution in [0.4, 0.5) is 16.2 Å². The van der Waals surface area contributed by atoms with E-state index in [0.29, 0.717) is 18.2 Å². The van der Waals surface area contributed by atoms with Gasteiger partial charge in [0.25, 0.3) is 0 Å². The Labute approximate surface area is 177 Å². The monoisotopic (exact) mass is 404 g/mol. The number of urea groups is 1. The van der Waals surface area contributed by atoms with Crippen molar-refractivity contribution in [2.24, 2.45) is 11.8 Å². The van der Waals surface area contributed by atoms with Crippen LogP contribution in [0.2, 0.25) is 0 Å². The minimum absolute atomic E-state index is 0.0714. The summed E-state index contributed by atoms with van der Waals surface area (Å²) in [6, 6.07) is 5.71. The van der Waals surface area contributed by atoms with E-state index in [1.165, 1.54) is 0 Å². The van der Waals surface area contributed by atoms with Crippen LogP contribution >= 0.6 is 0 Å². The SMILES string of the molecule is CC(C)C(=O)N(Cc1cc(NC(=O)NC(C)(C)C)ccc1N(C)C)[C@H](C)C(C)C. The van der Waals surface area contributed by atoms with Crippen molar-refractivity contribution in [2.45, 2.75) is 73.5 Å². The molecule has 0 radical (unpaired) electrons. The maximum absolute atomic E-state index is 12.9. The van der Waals surface area contributed by atoms with Crippen molar-refractivity contribution in [3.63, 3.8) is 0 Å². The Morgan fingerprint density at radius 3 is 2.07 bits per heavy atom. The highest BCUT2D eigenvalue weighted by Crippen LogP contribution is 2.27. The first-order valence-corrected chi connectivity index (χ1v) is 10.4. The van der Waals surface area contributed by atoms with Crippen LogP contribution in [0.25, 0.3) is 0 Å². The Morgan fingerprint density at radius 1 is 1.03 bits per heavy atom. The minimum Gasteiger partial charge on any atom is -0.377 e. The van der Waals surface area contributed by atoms with Crippen molar-refractivity contribution in [3.05, 3.63) is 23.8 Å². The summed E-state index contributed by atoms with van der Waals surface area (Å²) in [6.45, 7) is 16.6. The van der Waals surface area contributed by atoms with Crippen molar-refractivity contribution in [2.75, 3.05) is 24.3 Å². The molecular weight excluding hydrogens is 364 g/mol. The molecule has 0 aliphatic rings. The van der Waals surface area contributed by atoms with Crippen molar-refractivity contribution in [3.8, 4) is 0 Å². The highest BCUT2D eigenvalue weighted by atomic mass is 16.2. The number of nitrogens with one attached hydrogen (secondary N) is 2. The lowest BCUT2D eigenvalue weighted by Crippen LogP contribution is -2.43. The summed E-state index contributed by atoms with van der Waals surface area (Å²) in [5.74, 6) is 0.414. The second-order valence-electron chi connectivity index (χ2n) is 9.67. The lowest BCUT2D eigenvalue weighted by molar-refractivity contribution is -0.138. The van der Waals surface area contributed by atoms with Gasteiger partial charge < -0.3 is 20.4 Å². The Hall–Kier alpha value is -2.24. The topological polar surface area (TPSA) is 64.7 Å². The molecule has 6 heteroatoms. The predicted octanol–water partition coefficient (Wildman–Crippen LogP) is 4.70. The van der Waals surface area contributed by atoms with Gasteiger partial charge in [0, 0.05) is 49.5 Å². The van der Waals surface area contributed by atoms with Gasteiger partial charge in [0.15, 0.2) is 0 Å². The maximum atomic E-state index is 12.9. The van der Waals surface area contributed by atoms with E-state index in [4.69, 9.17) is 0 Å². The Balaban J connectivity index is 3.24. The zero-order chi connectivity index (χ0) is 22.5. The van der Waals surface area contributed by atoms with Gasteiger partial charge in [-0.15, -0.1) is 0 Å². The molecule has 0 spiro atoms. The third kappa shape index (κ3) is 7.59. The maximum Gasteiger partial charge on any atom is 0.319 e. The predicted molar refractivity (Wildman–Crippen MR) is 122 cm³/mol. The molecule has 0 aromatic heterocycles. The van der Waals surface area contributed by atoms with E-state index in [-0.39, 0.29) is 29.4 Å².